The van der Waals surface area contributed by atoms with E-state index in [0.717, 1.165) is 10.2 Å². The third kappa shape index (κ3) is 6.90. The van der Waals surface area contributed by atoms with Crippen molar-refractivity contribution in [3.05, 3.63) is 22.9 Å². The molecule has 0 aromatic carbocycles. The molecule has 1 unspecified atom stereocenters. The highest BCUT2D eigenvalue weighted by molar-refractivity contribution is 9.10. The number of nitrogens with zero attached hydrogens (tertiary/aromatic N) is 1. The van der Waals surface area contributed by atoms with Crippen molar-refractivity contribution in [2.24, 2.45) is 0 Å². The third-order valence-corrected chi connectivity index (χ3v) is 2.57. The molecule has 0 amide bonds. The number of pyridine rings is 1. The zero-order chi connectivity index (χ0) is 13.2. The molecular weight excluding hydrogens is 300 g/mol. The van der Waals surface area contributed by atoms with E-state index in [0.29, 0.717) is 33.0 Å². The first kappa shape index (κ1) is 15.4. The predicted molar refractivity (Wildman–Crippen MR) is 73.7 cm³/mol. The molecule has 0 fully saturated rings. The molecule has 1 aromatic heterocycles. The van der Waals surface area contributed by atoms with Crippen LogP contribution in [0.1, 0.15) is 6.92 Å². The summed E-state index contributed by atoms with van der Waals surface area (Å²) in [4.78, 5) is 4.02. The van der Waals surface area contributed by atoms with E-state index in [2.05, 4.69) is 26.2 Å². The Morgan fingerprint density at radius 3 is 2.89 bits per heavy atom. The summed E-state index contributed by atoms with van der Waals surface area (Å²) in [6, 6.07) is 1.90. The van der Waals surface area contributed by atoms with Gasteiger partial charge in [-0.25, -0.2) is 0 Å². The third-order valence-electron chi connectivity index (χ3n) is 2.13. The van der Waals surface area contributed by atoms with E-state index in [9.17, 15) is 5.11 Å². The topological polar surface area (TPSA) is 63.6 Å². The number of anilines is 1. The SMILES string of the molecule is CCOCCOCC(O)CNc1cncc(Br)c1. The van der Waals surface area contributed by atoms with Gasteiger partial charge in [-0.3, -0.25) is 4.98 Å². The van der Waals surface area contributed by atoms with E-state index in [1.807, 2.05) is 13.0 Å². The Morgan fingerprint density at radius 2 is 2.17 bits per heavy atom. The van der Waals surface area contributed by atoms with Crippen molar-refractivity contribution in [2.45, 2.75) is 13.0 Å². The predicted octanol–water partition coefficient (Wildman–Crippen LogP) is 1.67. The second-order valence-corrected chi connectivity index (χ2v) is 4.61. The number of rotatable bonds is 9. The van der Waals surface area contributed by atoms with E-state index < -0.39 is 6.10 Å². The van der Waals surface area contributed by atoms with Crippen molar-refractivity contribution in [3.63, 3.8) is 0 Å². The lowest BCUT2D eigenvalue weighted by atomic mass is 10.3. The van der Waals surface area contributed by atoms with Crippen LogP contribution < -0.4 is 5.32 Å². The number of hydrogen-bond donors (Lipinski definition) is 2. The van der Waals surface area contributed by atoms with Gasteiger partial charge in [0.25, 0.3) is 0 Å². The van der Waals surface area contributed by atoms with Crippen LogP contribution in [0.3, 0.4) is 0 Å². The highest BCUT2D eigenvalue weighted by Gasteiger charge is 2.04. The minimum Gasteiger partial charge on any atom is -0.389 e. The minimum atomic E-state index is -0.550. The van der Waals surface area contributed by atoms with Crippen molar-refractivity contribution < 1.29 is 14.6 Å². The summed E-state index contributed by atoms with van der Waals surface area (Å²) < 4.78 is 11.3. The van der Waals surface area contributed by atoms with E-state index in [1.54, 1.807) is 12.4 Å². The average molecular weight is 319 g/mol. The summed E-state index contributed by atoms with van der Waals surface area (Å²) in [5.41, 5.74) is 0.859. The molecule has 1 atom stereocenters. The molecule has 0 aliphatic carbocycles. The van der Waals surface area contributed by atoms with Crippen LogP contribution in [0, 0.1) is 0 Å². The van der Waals surface area contributed by atoms with Crippen LogP contribution in [-0.4, -0.2) is 49.2 Å². The number of hydrogen-bond acceptors (Lipinski definition) is 5. The van der Waals surface area contributed by atoms with Gasteiger partial charge in [-0.05, 0) is 28.9 Å². The summed E-state index contributed by atoms with van der Waals surface area (Å²) in [5.74, 6) is 0. The number of aromatic nitrogens is 1. The van der Waals surface area contributed by atoms with E-state index in [-0.39, 0.29) is 0 Å². The zero-order valence-corrected chi connectivity index (χ0v) is 12.0. The molecule has 1 heterocycles. The Labute approximate surface area is 116 Å². The van der Waals surface area contributed by atoms with E-state index in [4.69, 9.17) is 9.47 Å². The monoisotopic (exact) mass is 318 g/mol. The summed E-state index contributed by atoms with van der Waals surface area (Å²) in [5, 5.41) is 12.8. The quantitative estimate of drug-likeness (QED) is 0.678. The molecule has 0 aliphatic heterocycles. The zero-order valence-electron chi connectivity index (χ0n) is 10.4. The van der Waals surface area contributed by atoms with Gasteiger partial charge in [-0.15, -0.1) is 0 Å². The van der Waals surface area contributed by atoms with Crippen LogP contribution in [0.15, 0.2) is 22.9 Å². The molecule has 0 saturated carbocycles. The summed E-state index contributed by atoms with van der Waals surface area (Å²) in [7, 11) is 0. The highest BCUT2D eigenvalue weighted by atomic mass is 79.9. The number of aliphatic hydroxyl groups excluding tert-OH is 1. The highest BCUT2D eigenvalue weighted by Crippen LogP contribution is 2.13. The van der Waals surface area contributed by atoms with Gasteiger partial charge in [-0.2, -0.15) is 0 Å². The van der Waals surface area contributed by atoms with Crippen LogP contribution in [0.4, 0.5) is 5.69 Å². The van der Waals surface area contributed by atoms with Gasteiger partial charge in [-0.1, -0.05) is 0 Å². The Balaban J connectivity index is 2.11. The normalized spacial score (nSPS) is 12.4. The molecule has 5 nitrogen and oxygen atoms in total. The van der Waals surface area contributed by atoms with Crippen molar-refractivity contribution in [1.29, 1.82) is 0 Å². The van der Waals surface area contributed by atoms with E-state index >= 15 is 0 Å². The van der Waals surface area contributed by atoms with Crippen LogP contribution >= 0.6 is 15.9 Å². The second kappa shape index (κ2) is 9.27. The van der Waals surface area contributed by atoms with Gasteiger partial charge in [0.2, 0.25) is 0 Å². The van der Waals surface area contributed by atoms with Crippen molar-refractivity contribution in [3.8, 4) is 0 Å². The first-order valence-electron chi connectivity index (χ1n) is 5.90. The fourth-order valence-corrected chi connectivity index (χ4v) is 1.65. The Morgan fingerprint density at radius 1 is 1.39 bits per heavy atom. The Hall–Kier alpha value is -0.690. The van der Waals surface area contributed by atoms with Gasteiger partial charge < -0.3 is 19.9 Å². The van der Waals surface area contributed by atoms with Gasteiger partial charge in [0.05, 0.1) is 37.8 Å². The summed E-state index contributed by atoms with van der Waals surface area (Å²) in [6.45, 7) is 4.40. The van der Waals surface area contributed by atoms with Crippen LogP contribution in [0.5, 0.6) is 0 Å². The molecule has 0 saturated heterocycles. The van der Waals surface area contributed by atoms with Crippen LogP contribution in [0.2, 0.25) is 0 Å². The molecule has 2 N–H and O–H groups in total. The maximum Gasteiger partial charge on any atom is 0.0945 e. The lowest BCUT2D eigenvalue weighted by Crippen LogP contribution is -2.25. The number of nitrogens with one attached hydrogen (secondary N) is 1. The van der Waals surface area contributed by atoms with Crippen molar-refractivity contribution >= 4 is 21.6 Å². The smallest absolute Gasteiger partial charge is 0.0945 e. The molecule has 102 valence electrons. The molecule has 1 rings (SSSR count). The lowest BCUT2D eigenvalue weighted by molar-refractivity contribution is 0.0103. The molecule has 0 aliphatic rings. The first-order valence-corrected chi connectivity index (χ1v) is 6.69. The standard InChI is InChI=1S/C12H19BrN2O3/c1-2-17-3-4-18-9-12(16)8-15-11-5-10(13)6-14-7-11/h5-7,12,15-16H,2-4,8-9H2,1H3. The summed E-state index contributed by atoms with van der Waals surface area (Å²) in [6.07, 6.45) is 2.86. The number of halogens is 1. The van der Waals surface area contributed by atoms with Crippen LogP contribution in [-0.2, 0) is 9.47 Å². The largest absolute Gasteiger partial charge is 0.389 e. The molecule has 0 radical (unpaired) electrons. The Kier molecular flexibility index (Phi) is 7.91. The van der Waals surface area contributed by atoms with Crippen molar-refractivity contribution in [1.82, 2.24) is 4.98 Å². The molecular formula is C12H19BrN2O3. The maximum atomic E-state index is 9.68. The molecule has 0 spiro atoms. The molecule has 18 heavy (non-hydrogen) atoms. The van der Waals surface area contributed by atoms with Crippen LogP contribution in [0.25, 0.3) is 0 Å². The van der Waals surface area contributed by atoms with Gasteiger partial charge >= 0.3 is 0 Å². The second-order valence-electron chi connectivity index (χ2n) is 3.70. The molecule has 1 aromatic rings. The van der Waals surface area contributed by atoms with Gasteiger partial charge in [0, 0.05) is 23.8 Å². The van der Waals surface area contributed by atoms with E-state index in [1.165, 1.54) is 0 Å². The van der Waals surface area contributed by atoms with Crippen molar-refractivity contribution in [2.75, 3.05) is 38.3 Å². The molecule has 0 bridgehead atoms. The van der Waals surface area contributed by atoms with Gasteiger partial charge in [0.1, 0.15) is 0 Å². The fraction of sp³-hybridized carbons (Fsp3) is 0.583. The number of ether oxygens (including phenoxy) is 2. The number of aliphatic hydroxyl groups is 1. The maximum absolute atomic E-state index is 9.68. The first-order chi connectivity index (χ1) is 8.72. The minimum absolute atomic E-state index is 0.293. The lowest BCUT2D eigenvalue weighted by Gasteiger charge is -2.13. The Bertz CT molecular complexity index is 339. The average Bonchev–Trinajstić information content (AvgIpc) is 2.36. The summed E-state index contributed by atoms with van der Waals surface area (Å²) >= 11 is 3.33. The fourth-order valence-electron chi connectivity index (χ4n) is 1.28. The molecule has 6 heteroatoms. The van der Waals surface area contributed by atoms with Gasteiger partial charge in [0.15, 0.2) is 0 Å².